The molecule has 1 amide bonds. The number of carbonyl (C=O) groups is 1. The van der Waals surface area contributed by atoms with Gasteiger partial charge in [-0.15, -0.1) is 11.3 Å². The van der Waals surface area contributed by atoms with E-state index in [1.807, 2.05) is 6.07 Å². The fourth-order valence-corrected chi connectivity index (χ4v) is 3.40. The predicted octanol–water partition coefficient (Wildman–Crippen LogP) is 1.86. The molecule has 0 radical (unpaired) electrons. The van der Waals surface area contributed by atoms with Crippen molar-refractivity contribution in [2.45, 2.75) is 6.10 Å². The van der Waals surface area contributed by atoms with E-state index < -0.39 is 6.10 Å². The Labute approximate surface area is 132 Å². The van der Waals surface area contributed by atoms with Crippen molar-refractivity contribution in [2.75, 3.05) is 19.6 Å². The average molecular weight is 320 g/mol. The van der Waals surface area contributed by atoms with Crippen LogP contribution in [0.5, 0.6) is 0 Å². The minimum Gasteiger partial charge on any atom is -0.391 e. The summed E-state index contributed by atoms with van der Waals surface area (Å²) in [4.78, 5) is 13.7. The normalized spacial score (nSPS) is 21.0. The number of hydrogen-bond donors (Lipinski definition) is 3. The van der Waals surface area contributed by atoms with Crippen molar-refractivity contribution < 1.29 is 14.3 Å². The molecular formula is C16H17FN2O2S. The third-order valence-electron chi connectivity index (χ3n) is 3.79. The number of hydrogen-bond acceptors (Lipinski definition) is 4. The van der Waals surface area contributed by atoms with Crippen LogP contribution >= 0.6 is 11.3 Å². The Morgan fingerprint density at radius 2 is 2.05 bits per heavy atom. The number of β-amino-alcohol motifs (C(OH)–C–C–N with tert-alkyl or cyclic N) is 1. The smallest absolute Gasteiger partial charge is 0.261 e. The van der Waals surface area contributed by atoms with Gasteiger partial charge in [0.05, 0.1) is 11.0 Å². The topological polar surface area (TPSA) is 61.4 Å². The van der Waals surface area contributed by atoms with Crippen LogP contribution in [0.3, 0.4) is 0 Å². The van der Waals surface area contributed by atoms with Gasteiger partial charge < -0.3 is 15.7 Å². The lowest BCUT2D eigenvalue weighted by Crippen LogP contribution is -2.33. The number of benzene rings is 1. The maximum absolute atomic E-state index is 12.9. The number of nitrogens with one attached hydrogen (secondary N) is 2. The van der Waals surface area contributed by atoms with Crippen molar-refractivity contribution in [3.8, 4) is 10.4 Å². The maximum Gasteiger partial charge on any atom is 0.261 e. The highest BCUT2D eigenvalue weighted by Crippen LogP contribution is 2.28. The summed E-state index contributed by atoms with van der Waals surface area (Å²) in [6.07, 6.45) is -0.404. The molecule has 1 aliphatic rings. The van der Waals surface area contributed by atoms with Gasteiger partial charge in [0.1, 0.15) is 5.82 Å². The highest BCUT2D eigenvalue weighted by Gasteiger charge is 2.25. The van der Waals surface area contributed by atoms with Crippen LogP contribution in [0.25, 0.3) is 10.4 Å². The largest absolute Gasteiger partial charge is 0.391 e. The first-order valence-corrected chi connectivity index (χ1v) is 7.98. The van der Waals surface area contributed by atoms with Crippen molar-refractivity contribution in [3.63, 3.8) is 0 Å². The highest BCUT2D eigenvalue weighted by atomic mass is 32.1. The molecule has 1 fully saturated rings. The van der Waals surface area contributed by atoms with E-state index in [1.54, 1.807) is 18.2 Å². The number of thiophene rings is 1. The SMILES string of the molecule is O=C(NCC1CNCC1O)c1ccc(-c2ccc(F)cc2)s1. The van der Waals surface area contributed by atoms with E-state index in [4.69, 9.17) is 0 Å². The zero-order valence-corrected chi connectivity index (χ0v) is 12.7. The van der Waals surface area contributed by atoms with Gasteiger partial charge in [-0.3, -0.25) is 4.79 Å². The summed E-state index contributed by atoms with van der Waals surface area (Å²) in [6.45, 7) is 1.75. The van der Waals surface area contributed by atoms with Crippen molar-refractivity contribution in [1.82, 2.24) is 10.6 Å². The number of halogens is 1. The van der Waals surface area contributed by atoms with Gasteiger partial charge in [0.2, 0.25) is 0 Å². The molecule has 116 valence electrons. The quantitative estimate of drug-likeness (QED) is 0.806. The summed E-state index contributed by atoms with van der Waals surface area (Å²) in [5.41, 5.74) is 0.890. The van der Waals surface area contributed by atoms with Crippen LogP contribution in [0, 0.1) is 11.7 Å². The molecule has 0 spiro atoms. The third-order valence-corrected chi connectivity index (χ3v) is 4.92. The lowest BCUT2D eigenvalue weighted by Gasteiger charge is -2.13. The van der Waals surface area contributed by atoms with Crippen molar-refractivity contribution >= 4 is 17.2 Å². The molecule has 22 heavy (non-hydrogen) atoms. The monoisotopic (exact) mass is 320 g/mol. The Morgan fingerprint density at radius 3 is 2.73 bits per heavy atom. The van der Waals surface area contributed by atoms with Gasteiger partial charge in [-0.2, -0.15) is 0 Å². The van der Waals surface area contributed by atoms with Gasteiger partial charge in [-0.05, 0) is 29.8 Å². The van der Waals surface area contributed by atoms with Crippen molar-refractivity contribution in [3.05, 3.63) is 47.1 Å². The minimum atomic E-state index is -0.404. The molecule has 2 atom stereocenters. The van der Waals surface area contributed by atoms with E-state index in [1.165, 1.54) is 23.5 Å². The van der Waals surface area contributed by atoms with E-state index in [0.29, 0.717) is 24.5 Å². The molecule has 2 unspecified atom stereocenters. The Hall–Kier alpha value is -1.76. The fraction of sp³-hybridized carbons (Fsp3) is 0.312. The summed E-state index contributed by atoms with van der Waals surface area (Å²) in [5, 5.41) is 15.6. The van der Waals surface area contributed by atoms with Gasteiger partial charge >= 0.3 is 0 Å². The Morgan fingerprint density at radius 1 is 1.27 bits per heavy atom. The first kappa shape index (κ1) is 15.1. The second-order valence-electron chi connectivity index (χ2n) is 5.37. The number of rotatable bonds is 4. The Kier molecular flexibility index (Phi) is 4.52. The van der Waals surface area contributed by atoms with Gasteiger partial charge in [0.25, 0.3) is 5.91 Å². The van der Waals surface area contributed by atoms with Crippen LogP contribution in [0.4, 0.5) is 4.39 Å². The number of carbonyl (C=O) groups excluding carboxylic acids is 1. The van der Waals surface area contributed by atoms with E-state index in [9.17, 15) is 14.3 Å². The fourth-order valence-electron chi connectivity index (χ4n) is 2.47. The molecule has 3 rings (SSSR count). The summed E-state index contributed by atoms with van der Waals surface area (Å²) < 4.78 is 12.9. The molecule has 2 aromatic rings. The van der Waals surface area contributed by atoms with E-state index in [-0.39, 0.29) is 17.6 Å². The average Bonchev–Trinajstić information content (AvgIpc) is 3.15. The number of aliphatic hydroxyl groups excluding tert-OH is 1. The van der Waals surface area contributed by atoms with Crippen LogP contribution in [0.15, 0.2) is 36.4 Å². The Bertz CT molecular complexity index is 656. The maximum atomic E-state index is 12.9. The van der Waals surface area contributed by atoms with Crippen LogP contribution < -0.4 is 10.6 Å². The van der Waals surface area contributed by atoms with Gasteiger partial charge in [0.15, 0.2) is 0 Å². The molecule has 1 aromatic heterocycles. The molecule has 4 nitrogen and oxygen atoms in total. The molecule has 1 aliphatic heterocycles. The summed E-state index contributed by atoms with van der Waals surface area (Å²) in [6, 6.07) is 9.83. The lowest BCUT2D eigenvalue weighted by atomic mass is 10.1. The summed E-state index contributed by atoms with van der Waals surface area (Å²) >= 11 is 1.37. The molecule has 6 heteroatoms. The second kappa shape index (κ2) is 6.56. The lowest BCUT2D eigenvalue weighted by molar-refractivity contribution is 0.0931. The second-order valence-corrected chi connectivity index (χ2v) is 6.45. The first-order chi connectivity index (χ1) is 10.6. The van der Waals surface area contributed by atoms with E-state index >= 15 is 0 Å². The van der Waals surface area contributed by atoms with Crippen molar-refractivity contribution in [1.29, 1.82) is 0 Å². The van der Waals surface area contributed by atoms with Gasteiger partial charge in [-0.1, -0.05) is 12.1 Å². The van der Waals surface area contributed by atoms with Gasteiger partial charge in [0, 0.05) is 30.4 Å². The van der Waals surface area contributed by atoms with E-state index in [0.717, 1.165) is 10.4 Å². The molecule has 1 saturated heterocycles. The van der Waals surface area contributed by atoms with Crippen LogP contribution in [0.2, 0.25) is 0 Å². The van der Waals surface area contributed by atoms with E-state index in [2.05, 4.69) is 10.6 Å². The van der Waals surface area contributed by atoms with Crippen LogP contribution in [0.1, 0.15) is 9.67 Å². The molecule has 0 bridgehead atoms. The molecule has 2 heterocycles. The summed E-state index contributed by atoms with van der Waals surface area (Å²) in [7, 11) is 0. The molecular weight excluding hydrogens is 303 g/mol. The predicted molar refractivity (Wildman–Crippen MR) is 84.4 cm³/mol. The molecule has 3 N–H and O–H groups in total. The Balaban J connectivity index is 1.63. The zero-order valence-electron chi connectivity index (χ0n) is 11.9. The minimum absolute atomic E-state index is 0.0560. The zero-order chi connectivity index (χ0) is 15.5. The van der Waals surface area contributed by atoms with Crippen LogP contribution in [-0.4, -0.2) is 36.8 Å². The molecule has 1 aromatic carbocycles. The van der Waals surface area contributed by atoms with Gasteiger partial charge in [-0.25, -0.2) is 4.39 Å². The molecule has 0 saturated carbocycles. The van der Waals surface area contributed by atoms with Crippen LogP contribution in [-0.2, 0) is 0 Å². The summed E-state index contributed by atoms with van der Waals surface area (Å²) in [5.74, 6) is -0.361. The first-order valence-electron chi connectivity index (χ1n) is 7.16. The number of amides is 1. The molecule has 0 aliphatic carbocycles. The highest BCUT2D eigenvalue weighted by molar-refractivity contribution is 7.17. The third kappa shape index (κ3) is 3.35. The standard InChI is InChI=1S/C16H17FN2O2S/c17-12-3-1-10(2-4-12)14-5-6-15(22-14)16(21)19-8-11-7-18-9-13(11)20/h1-6,11,13,18,20H,7-9H2,(H,19,21). The number of aliphatic hydroxyl groups is 1. The van der Waals surface area contributed by atoms with Crippen molar-refractivity contribution in [2.24, 2.45) is 5.92 Å².